The maximum Gasteiger partial charge on any atom is 0.303 e. The van der Waals surface area contributed by atoms with Crippen LogP contribution in [0, 0.1) is 12.3 Å². The van der Waals surface area contributed by atoms with Crippen molar-refractivity contribution in [2.75, 3.05) is 31.6 Å². The number of anilines is 1. The fourth-order valence-electron chi connectivity index (χ4n) is 4.10. The molecule has 30 heavy (non-hydrogen) atoms. The number of pyridine rings is 2. The van der Waals surface area contributed by atoms with Gasteiger partial charge in [0.1, 0.15) is 11.1 Å². The van der Waals surface area contributed by atoms with Crippen LogP contribution < -0.4 is 4.90 Å². The lowest BCUT2D eigenvalue weighted by Crippen LogP contribution is -2.46. The van der Waals surface area contributed by atoms with Gasteiger partial charge in [-0.3, -0.25) is 14.6 Å². The molecule has 2 aromatic heterocycles. The molecule has 1 aliphatic rings. The summed E-state index contributed by atoms with van der Waals surface area (Å²) in [6.45, 7) is 6.70. The fraction of sp³-hybridized carbons (Fsp3) is 0.545. The van der Waals surface area contributed by atoms with Crippen LogP contribution in [0.25, 0.3) is 11.0 Å². The average molecular weight is 415 g/mol. The van der Waals surface area contributed by atoms with Crippen LogP contribution in [-0.2, 0) is 9.59 Å². The number of fused-ring (bicyclic) bond motifs is 1. The molecule has 8 heteroatoms. The summed E-state index contributed by atoms with van der Waals surface area (Å²) in [6, 6.07) is 5.77. The molecule has 1 aliphatic heterocycles. The van der Waals surface area contributed by atoms with Crippen LogP contribution in [0.4, 0.5) is 5.69 Å². The monoisotopic (exact) mass is 414 g/mol. The summed E-state index contributed by atoms with van der Waals surface area (Å²) in [4.78, 5) is 36.2. The number of likely N-dealkylation sites (N-methyl/N-ethyl adjacent to an activating group) is 1. The van der Waals surface area contributed by atoms with Gasteiger partial charge in [-0.25, -0.2) is 4.98 Å². The first-order valence-corrected chi connectivity index (χ1v) is 10.1. The molecule has 162 valence electrons. The summed E-state index contributed by atoms with van der Waals surface area (Å²) in [5.41, 5.74) is 1.77. The van der Waals surface area contributed by atoms with E-state index in [4.69, 9.17) is 5.11 Å². The number of aryl methyl sites for hydroxylation is 1. The predicted octanol–water partition coefficient (Wildman–Crippen LogP) is 2.23. The lowest BCUT2D eigenvalue weighted by atomic mass is 9.85. The van der Waals surface area contributed by atoms with Crippen LogP contribution >= 0.6 is 0 Å². The molecule has 0 bridgehead atoms. The molecule has 2 aromatic rings. The van der Waals surface area contributed by atoms with Crippen LogP contribution in [0.5, 0.6) is 0 Å². The second-order valence-electron chi connectivity index (χ2n) is 9.21. The molecule has 0 radical (unpaired) electrons. The van der Waals surface area contributed by atoms with Crippen molar-refractivity contribution < 1.29 is 19.8 Å². The highest BCUT2D eigenvalue weighted by molar-refractivity contribution is 5.88. The Morgan fingerprint density at radius 2 is 2.00 bits per heavy atom. The number of rotatable bonds is 7. The highest BCUT2D eigenvalue weighted by Gasteiger charge is 2.39. The average Bonchev–Trinajstić information content (AvgIpc) is 3.01. The third-order valence-corrected chi connectivity index (χ3v) is 5.59. The number of amides is 1. The predicted molar refractivity (Wildman–Crippen MR) is 114 cm³/mol. The second-order valence-corrected chi connectivity index (χ2v) is 9.21. The summed E-state index contributed by atoms with van der Waals surface area (Å²) >= 11 is 0. The normalized spacial score (nSPS) is 19.3. The van der Waals surface area contributed by atoms with Crippen molar-refractivity contribution in [3.63, 3.8) is 0 Å². The van der Waals surface area contributed by atoms with E-state index >= 15 is 0 Å². The molecule has 0 unspecified atom stereocenters. The van der Waals surface area contributed by atoms with Crippen molar-refractivity contribution in [3.8, 4) is 0 Å². The van der Waals surface area contributed by atoms with Gasteiger partial charge in [-0.1, -0.05) is 13.8 Å². The van der Waals surface area contributed by atoms with E-state index in [1.54, 1.807) is 27.1 Å². The van der Waals surface area contributed by atoms with E-state index in [1.807, 2.05) is 25.1 Å². The van der Waals surface area contributed by atoms with Gasteiger partial charge in [0.25, 0.3) is 0 Å². The summed E-state index contributed by atoms with van der Waals surface area (Å²) in [5.74, 6) is -1.09. The molecule has 0 aliphatic carbocycles. The first kappa shape index (κ1) is 22.0. The maximum absolute atomic E-state index is 12.6. The number of aliphatic carboxylic acids is 1. The summed E-state index contributed by atoms with van der Waals surface area (Å²) in [5, 5.41) is 20.2. The van der Waals surface area contributed by atoms with E-state index in [0.29, 0.717) is 19.5 Å². The molecule has 0 aromatic carbocycles. The number of carbonyl (C=O) groups excluding carboxylic acids is 1. The van der Waals surface area contributed by atoms with Gasteiger partial charge in [0.05, 0.1) is 24.2 Å². The van der Waals surface area contributed by atoms with Crippen molar-refractivity contribution in [1.82, 2.24) is 14.9 Å². The summed E-state index contributed by atoms with van der Waals surface area (Å²) in [6.07, 6.45) is 2.31. The second kappa shape index (κ2) is 8.18. The Labute approximate surface area is 176 Å². The summed E-state index contributed by atoms with van der Waals surface area (Å²) < 4.78 is 0. The first-order valence-electron chi connectivity index (χ1n) is 10.1. The van der Waals surface area contributed by atoms with Gasteiger partial charge in [0, 0.05) is 38.4 Å². The van der Waals surface area contributed by atoms with E-state index in [2.05, 4.69) is 14.9 Å². The van der Waals surface area contributed by atoms with Gasteiger partial charge < -0.3 is 20.0 Å². The number of carbonyl (C=O) groups is 2. The zero-order valence-corrected chi connectivity index (χ0v) is 18.1. The molecule has 1 atom stereocenters. The number of aliphatic hydroxyl groups is 1. The Morgan fingerprint density at radius 3 is 2.70 bits per heavy atom. The van der Waals surface area contributed by atoms with E-state index in [0.717, 1.165) is 22.4 Å². The minimum Gasteiger partial charge on any atom is -0.481 e. The molecule has 8 nitrogen and oxygen atoms in total. The number of hydrogen-bond acceptors (Lipinski definition) is 6. The van der Waals surface area contributed by atoms with Crippen molar-refractivity contribution in [3.05, 3.63) is 30.1 Å². The SMILES string of the molecule is Cc1ccc2nccc(N3CC[C@](O)(CN(C)C(=O)CC(C)(C)CC(=O)O)C3)c2n1. The number of carboxylic acid groups (broad SMARTS) is 1. The minimum absolute atomic E-state index is 0.0772. The number of hydrogen-bond donors (Lipinski definition) is 2. The lowest BCUT2D eigenvalue weighted by Gasteiger charge is -2.31. The molecule has 0 spiro atoms. The number of aromatic nitrogens is 2. The largest absolute Gasteiger partial charge is 0.481 e. The van der Waals surface area contributed by atoms with Gasteiger partial charge in [-0.2, -0.15) is 0 Å². The number of β-amino-alcohol motifs (C(OH)–C–C–N with tert-alkyl or cyclic N) is 1. The van der Waals surface area contributed by atoms with Gasteiger partial charge >= 0.3 is 5.97 Å². The summed E-state index contributed by atoms with van der Waals surface area (Å²) in [7, 11) is 1.66. The van der Waals surface area contributed by atoms with Crippen LogP contribution in [0.1, 0.15) is 38.8 Å². The molecule has 1 fully saturated rings. The van der Waals surface area contributed by atoms with E-state index in [1.165, 1.54) is 4.90 Å². The van der Waals surface area contributed by atoms with Crippen molar-refractivity contribution in [2.45, 2.75) is 45.6 Å². The van der Waals surface area contributed by atoms with Crippen molar-refractivity contribution in [2.24, 2.45) is 5.41 Å². The van der Waals surface area contributed by atoms with Crippen LogP contribution in [0.15, 0.2) is 24.4 Å². The quantitative estimate of drug-likeness (QED) is 0.715. The molecule has 3 rings (SSSR count). The molecular weight excluding hydrogens is 384 g/mol. The Morgan fingerprint density at radius 1 is 1.27 bits per heavy atom. The highest BCUT2D eigenvalue weighted by atomic mass is 16.4. The van der Waals surface area contributed by atoms with Crippen molar-refractivity contribution in [1.29, 1.82) is 0 Å². The van der Waals surface area contributed by atoms with Gasteiger partial charge in [-0.15, -0.1) is 0 Å². The van der Waals surface area contributed by atoms with E-state index in [-0.39, 0.29) is 25.3 Å². The molecule has 3 heterocycles. The third-order valence-electron chi connectivity index (χ3n) is 5.59. The topological polar surface area (TPSA) is 107 Å². The smallest absolute Gasteiger partial charge is 0.303 e. The maximum atomic E-state index is 12.6. The third kappa shape index (κ3) is 5.05. The minimum atomic E-state index is -1.04. The molecule has 1 amide bonds. The van der Waals surface area contributed by atoms with Crippen LogP contribution in [0.2, 0.25) is 0 Å². The zero-order chi connectivity index (χ0) is 22.1. The molecule has 2 N–H and O–H groups in total. The van der Waals surface area contributed by atoms with Crippen molar-refractivity contribution >= 4 is 28.6 Å². The fourth-order valence-corrected chi connectivity index (χ4v) is 4.10. The molecule has 1 saturated heterocycles. The Bertz CT molecular complexity index is 961. The Hall–Kier alpha value is -2.74. The van der Waals surface area contributed by atoms with Gasteiger partial charge in [0.2, 0.25) is 5.91 Å². The first-order chi connectivity index (χ1) is 14.0. The zero-order valence-electron chi connectivity index (χ0n) is 18.1. The Kier molecular flexibility index (Phi) is 5.99. The molecule has 0 saturated carbocycles. The molecular formula is C22H30N4O4. The van der Waals surface area contributed by atoms with E-state index in [9.17, 15) is 14.7 Å². The van der Waals surface area contributed by atoms with Crippen LogP contribution in [0.3, 0.4) is 0 Å². The Balaban J connectivity index is 1.69. The lowest BCUT2D eigenvalue weighted by molar-refractivity contribution is -0.141. The highest BCUT2D eigenvalue weighted by Crippen LogP contribution is 2.32. The number of carboxylic acids is 1. The van der Waals surface area contributed by atoms with Gasteiger partial charge in [-0.05, 0) is 37.0 Å². The number of nitrogens with zero attached hydrogens (tertiary/aromatic N) is 4. The van der Waals surface area contributed by atoms with Gasteiger partial charge in [0.15, 0.2) is 0 Å². The standard InChI is InChI=1S/C22H30N4O4/c1-15-5-6-16-20(24-15)17(7-9-23-16)26-10-8-22(30,14-26)13-25(4)18(27)11-21(2,3)12-19(28)29/h5-7,9,30H,8,10-14H2,1-4H3,(H,28,29)/t22-/m0/s1. The van der Waals surface area contributed by atoms with Crippen LogP contribution in [-0.4, -0.2) is 69.2 Å². The van der Waals surface area contributed by atoms with E-state index < -0.39 is 17.0 Å².